The van der Waals surface area contributed by atoms with E-state index in [4.69, 9.17) is 4.74 Å². The van der Waals surface area contributed by atoms with Gasteiger partial charge in [-0.25, -0.2) is 0 Å². The predicted molar refractivity (Wildman–Crippen MR) is 93.8 cm³/mol. The standard InChI is InChI=1S/C21H23NO3/c1-12-6-7-21(24)16-10-14-4-5-15(23)18-17(14)20(21,19(12)25-18)8-9-22(16)11-13-2-3-13/h4-7,13,16,19,23-24H,1-3,8-11H2/t16-,19+,20+,21-/m1/s1. The first-order valence-corrected chi connectivity index (χ1v) is 9.41. The lowest BCUT2D eigenvalue weighted by Crippen LogP contribution is -2.74. The van der Waals surface area contributed by atoms with Gasteiger partial charge in [-0.15, -0.1) is 0 Å². The molecular formula is C21H23NO3. The average molecular weight is 337 g/mol. The smallest absolute Gasteiger partial charge is 0.166 e. The van der Waals surface area contributed by atoms with Gasteiger partial charge in [-0.2, -0.15) is 0 Å². The molecule has 3 aliphatic carbocycles. The third-order valence-corrected chi connectivity index (χ3v) is 7.30. The number of phenolic OH excluding ortho intramolecular Hbond substituents is 1. The number of ether oxygens (including phenoxy) is 1. The molecule has 6 rings (SSSR count). The first-order valence-electron chi connectivity index (χ1n) is 9.41. The van der Waals surface area contributed by atoms with Gasteiger partial charge < -0.3 is 14.9 Å². The normalized spacial score (nSPS) is 40.8. The van der Waals surface area contributed by atoms with Crippen molar-refractivity contribution in [3.63, 3.8) is 0 Å². The van der Waals surface area contributed by atoms with Gasteiger partial charge in [-0.05, 0) is 55.3 Å². The van der Waals surface area contributed by atoms with E-state index in [1.807, 2.05) is 18.2 Å². The first-order chi connectivity index (χ1) is 12.0. The summed E-state index contributed by atoms with van der Waals surface area (Å²) >= 11 is 0. The monoisotopic (exact) mass is 337 g/mol. The highest BCUT2D eigenvalue weighted by Gasteiger charge is 2.70. The summed E-state index contributed by atoms with van der Waals surface area (Å²) in [7, 11) is 0. The molecule has 1 saturated carbocycles. The molecule has 2 bridgehead atoms. The Morgan fingerprint density at radius 1 is 1.32 bits per heavy atom. The van der Waals surface area contributed by atoms with Crippen molar-refractivity contribution < 1.29 is 14.9 Å². The van der Waals surface area contributed by atoms with E-state index in [2.05, 4.69) is 11.5 Å². The van der Waals surface area contributed by atoms with Crippen LogP contribution < -0.4 is 4.74 Å². The van der Waals surface area contributed by atoms with Gasteiger partial charge in [-0.1, -0.05) is 24.8 Å². The number of piperidine rings is 1. The quantitative estimate of drug-likeness (QED) is 0.869. The molecule has 2 aliphatic heterocycles. The van der Waals surface area contributed by atoms with Gasteiger partial charge in [0.05, 0.1) is 5.41 Å². The highest BCUT2D eigenvalue weighted by atomic mass is 16.5. The van der Waals surface area contributed by atoms with E-state index in [9.17, 15) is 10.2 Å². The average Bonchev–Trinajstić information content (AvgIpc) is 3.32. The largest absolute Gasteiger partial charge is 0.504 e. The van der Waals surface area contributed by atoms with E-state index in [1.54, 1.807) is 6.07 Å². The van der Waals surface area contributed by atoms with Crippen LogP contribution in [0.15, 0.2) is 36.4 Å². The Bertz CT molecular complexity index is 842. The van der Waals surface area contributed by atoms with Crippen LogP contribution in [-0.4, -0.2) is 45.9 Å². The van der Waals surface area contributed by atoms with Crippen LogP contribution in [-0.2, 0) is 11.8 Å². The lowest BCUT2D eigenvalue weighted by Gasteiger charge is -2.61. The van der Waals surface area contributed by atoms with Crippen molar-refractivity contribution in [2.75, 3.05) is 13.1 Å². The second-order valence-corrected chi connectivity index (χ2v) is 8.56. The van der Waals surface area contributed by atoms with Gasteiger partial charge in [0.25, 0.3) is 0 Å². The molecule has 4 nitrogen and oxygen atoms in total. The van der Waals surface area contributed by atoms with Crippen LogP contribution in [0.1, 0.15) is 30.4 Å². The minimum Gasteiger partial charge on any atom is -0.504 e. The second-order valence-electron chi connectivity index (χ2n) is 8.56. The van der Waals surface area contributed by atoms with E-state index in [-0.39, 0.29) is 17.9 Å². The molecule has 2 N–H and O–H groups in total. The summed E-state index contributed by atoms with van der Waals surface area (Å²) in [6, 6.07) is 3.83. The molecule has 1 aromatic rings. The van der Waals surface area contributed by atoms with Crippen molar-refractivity contribution in [1.29, 1.82) is 0 Å². The Balaban J connectivity index is 1.60. The molecule has 130 valence electrons. The zero-order chi connectivity index (χ0) is 17.0. The number of aliphatic hydroxyl groups is 1. The molecule has 0 unspecified atom stereocenters. The van der Waals surface area contributed by atoms with Crippen molar-refractivity contribution in [2.45, 2.75) is 48.8 Å². The van der Waals surface area contributed by atoms with Crippen molar-refractivity contribution in [3.8, 4) is 11.5 Å². The minimum atomic E-state index is -0.960. The Kier molecular flexibility index (Phi) is 2.48. The molecule has 0 amide bonds. The van der Waals surface area contributed by atoms with Crippen LogP contribution in [0.25, 0.3) is 0 Å². The van der Waals surface area contributed by atoms with E-state index in [1.165, 1.54) is 18.4 Å². The van der Waals surface area contributed by atoms with E-state index in [0.717, 1.165) is 43.0 Å². The van der Waals surface area contributed by atoms with Crippen molar-refractivity contribution in [1.82, 2.24) is 4.90 Å². The maximum atomic E-state index is 12.0. The number of phenols is 1. The van der Waals surface area contributed by atoms with Crippen LogP contribution in [0.2, 0.25) is 0 Å². The summed E-state index contributed by atoms with van der Waals surface area (Å²) < 4.78 is 6.24. The van der Waals surface area contributed by atoms with Crippen LogP contribution in [0.4, 0.5) is 0 Å². The highest BCUT2D eigenvalue weighted by molar-refractivity contribution is 5.65. The molecule has 1 spiro atoms. The number of nitrogens with zero attached hydrogens (tertiary/aromatic N) is 1. The summed E-state index contributed by atoms with van der Waals surface area (Å²) in [5, 5.41) is 22.4. The summed E-state index contributed by atoms with van der Waals surface area (Å²) in [5.74, 6) is 1.55. The maximum Gasteiger partial charge on any atom is 0.166 e. The molecule has 1 aromatic carbocycles. The van der Waals surface area contributed by atoms with Crippen LogP contribution in [0, 0.1) is 5.92 Å². The molecule has 2 fully saturated rings. The van der Waals surface area contributed by atoms with Gasteiger partial charge in [0, 0.05) is 18.2 Å². The number of hydrogen-bond donors (Lipinski definition) is 2. The second kappa shape index (κ2) is 4.30. The summed E-state index contributed by atoms with van der Waals surface area (Å²) in [6.45, 7) is 6.25. The van der Waals surface area contributed by atoms with Gasteiger partial charge >= 0.3 is 0 Å². The van der Waals surface area contributed by atoms with Crippen LogP contribution >= 0.6 is 0 Å². The van der Waals surface area contributed by atoms with Crippen molar-refractivity contribution >= 4 is 0 Å². The molecule has 2 heterocycles. The highest BCUT2D eigenvalue weighted by Crippen LogP contribution is 2.64. The molecular weight excluding hydrogens is 314 g/mol. The Morgan fingerprint density at radius 2 is 2.16 bits per heavy atom. The topological polar surface area (TPSA) is 52.9 Å². The van der Waals surface area contributed by atoms with Gasteiger partial charge in [0.15, 0.2) is 11.5 Å². The number of hydrogen-bond acceptors (Lipinski definition) is 4. The van der Waals surface area contributed by atoms with Gasteiger partial charge in [0.1, 0.15) is 11.7 Å². The summed E-state index contributed by atoms with van der Waals surface area (Å²) in [6.07, 6.45) is 7.91. The van der Waals surface area contributed by atoms with Gasteiger partial charge in [0.2, 0.25) is 0 Å². The Labute approximate surface area is 147 Å². The zero-order valence-corrected chi connectivity index (χ0v) is 14.2. The summed E-state index contributed by atoms with van der Waals surface area (Å²) in [5.41, 5.74) is 1.67. The van der Waals surface area contributed by atoms with Crippen molar-refractivity contribution in [3.05, 3.63) is 47.6 Å². The Morgan fingerprint density at radius 3 is 2.96 bits per heavy atom. The molecule has 25 heavy (non-hydrogen) atoms. The lowest BCUT2D eigenvalue weighted by atomic mass is 9.50. The van der Waals surface area contributed by atoms with Crippen LogP contribution in [0.5, 0.6) is 11.5 Å². The molecule has 4 heteroatoms. The predicted octanol–water partition coefficient (Wildman–Crippen LogP) is 2.29. The first kappa shape index (κ1) is 14.4. The number of benzene rings is 1. The lowest BCUT2D eigenvalue weighted by molar-refractivity contribution is -0.133. The maximum absolute atomic E-state index is 12.0. The SMILES string of the molecule is C=C1C=C[C@@]2(O)[C@H]3Cc4ccc(O)c5c4[C@@]2(CCN3CC2CC2)[C@H]1O5. The zero-order valence-electron chi connectivity index (χ0n) is 14.2. The van der Waals surface area contributed by atoms with E-state index in [0.29, 0.717) is 5.75 Å². The third kappa shape index (κ3) is 1.52. The summed E-state index contributed by atoms with van der Waals surface area (Å²) in [4.78, 5) is 2.51. The van der Waals surface area contributed by atoms with Crippen LogP contribution in [0.3, 0.4) is 0 Å². The fraction of sp³-hybridized carbons (Fsp3) is 0.524. The van der Waals surface area contributed by atoms with Crippen molar-refractivity contribution in [2.24, 2.45) is 5.92 Å². The fourth-order valence-corrected chi connectivity index (χ4v) is 5.98. The molecule has 4 atom stereocenters. The molecule has 1 saturated heterocycles. The molecule has 0 radical (unpaired) electrons. The number of likely N-dealkylation sites (tertiary alicyclic amines) is 1. The molecule has 5 aliphatic rings. The van der Waals surface area contributed by atoms with E-state index >= 15 is 0 Å². The molecule has 0 aromatic heterocycles. The number of rotatable bonds is 2. The number of aromatic hydroxyl groups is 1. The van der Waals surface area contributed by atoms with Gasteiger partial charge in [-0.3, -0.25) is 4.90 Å². The fourth-order valence-electron chi connectivity index (χ4n) is 5.98. The third-order valence-electron chi connectivity index (χ3n) is 7.30. The minimum absolute atomic E-state index is 0.0697. The van der Waals surface area contributed by atoms with E-state index < -0.39 is 11.0 Å². The Hall–Kier alpha value is -1.78.